The summed E-state index contributed by atoms with van der Waals surface area (Å²) in [4.78, 5) is 0. The van der Waals surface area contributed by atoms with Crippen LogP contribution in [0.4, 0.5) is 5.69 Å². The molecule has 3 N–H and O–H groups in total. The Hall–Kier alpha value is -1.02. The number of nitrogens with one attached hydrogen (secondary N) is 1. The van der Waals surface area contributed by atoms with Crippen LogP contribution in [0.25, 0.3) is 0 Å². The third kappa shape index (κ3) is 3.95. The first-order valence-corrected chi connectivity index (χ1v) is 4.88. The fourth-order valence-electron chi connectivity index (χ4n) is 1.17. The van der Waals surface area contributed by atoms with E-state index in [0.717, 1.165) is 18.8 Å². The summed E-state index contributed by atoms with van der Waals surface area (Å²) in [5, 5.41) is 3.38. The van der Waals surface area contributed by atoms with Crippen LogP contribution in [-0.4, -0.2) is 6.54 Å². The number of benzene rings is 1. The number of hydrogen-bond acceptors (Lipinski definition) is 2. The zero-order valence-corrected chi connectivity index (χ0v) is 8.22. The van der Waals surface area contributed by atoms with E-state index in [1.807, 2.05) is 12.1 Å². The third-order valence-corrected chi connectivity index (χ3v) is 2.02. The van der Waals surface area contributed by atoms with E-state index >= 15 is 0 Å². The van der Waals surface area contributed by atoms with Crippen molar-refractivity contribution in [1.82, 2.24) is 5.32 Å². The largest absolute Gasteiger partial charge is 0.399 e. The minimum atomic E-state index is 0.831. The summed E-state index contributed by atoms with van der Waals surface area (Å²) in [6.07, 6.45) is 2.49. The summed E-state index contributed by atoms with van der Waals surface area (Å²) >= 11 is 0. The molecule has 72 valence electrons. The lowest BCUT2D eigenvalue weighted by molar-refractivity contribution is 0.641. The molecule has 0 aliphatic heterocycles. The second-order valence-electron chi connectivity index (χ2n) is 3.27. The molecule has 0 unspecified atom stereocenters. The van der Waals surface area contributed by atoms with Crippen molar-refractivity contribution in [3.05, 3.63) is 29.8 Å². The molecule has 2 heteroatoms. The predicted octanol–water partition coefficient (Wildman–Crippen LogP) is 2.16. The number of nitrogens with two attached hydrogens (primary N) is 1. The van der Waals surface area contributed by atoms with Gasteiger partial charge in [-0.2, -0.15) is 0 Å². The zero-order chi connectivity index (χ0) is 9.52. The maximum absolute atomic E-state index is 5.58. The predicted molar refractivity (Wildman–Crippen MR) is 57.5 cm³/mol. The van der Waals surface area contributed by atoms with Crippen LogP contribution < -0.4 is 11.1 Å². The minimum Gasteiger partial charge on any atom is -0.399 e. The van der Waals surface area contributed by atoms with Gasteiger partial charge in [-0.1, -0.05) is 25.5 Å². The topological polar surface area (TPSA) is 38.0 Å². The van der Waals surface area contributed by atoms with E-state index in [9.17, 15) is 0 Å². The van der Waals surface area contributed by atoms with Crippen molar-refractivity contribution in [2.75, 3.05) is 12.3 Å². The van der Waals surface area contributed by atoms with Gasteiger partial charge in [-0.15, -0.1) is 0 Å². The first-order valence-electron chi connectivity index (χ1n) is 4.88. The Morgan fingerprint density at radius 2 is 1.92 bits per heavy atom. The molecule has 0 saturated carbocycles. The lowest BCUT2D eigenvalue weighted by Gasteiger charge is -2.03. The summed E-state index contributed by atoms with van der Waals surface area (Å²) in [5.41, 5.74) is 7.71. The molecular weight excluding hydrogens is 160 g/mol. The molecular formula is C11H18N2. The highest BCUT2D eigenvalue weighted by atomic mass is 14.8. The molecule has 0 aromatic heterocycles. The summed E-state index contributed by atoms with van der Waals surface area (Å²) < 4.78 is 0. The SMILES string of the molecule is CCCCNCc1ccc(N)cc1. The highest BCUT2D eigenvalue weighted by Crippen LogP contribution is 2.04. The zero-order valence-electron chi connectivity index (χ0n) is 8.22. The number of rotatable bonds is 5. The van der Waals surface area contributed by atoms with Gasteiger partial charge < -0.3 is 11.1 Å². The average Bonchev–Trinajstić information content (AvgIpc) is 2.15. The van der Waals surface area contributed by atoms with E-state index in [1.165, 1.54) is 18.4 Å². The second kappa shape index (κ2) is 5.60. The molecule has 0 atom stereocenters. The number of hydrogen-bond donors (Lipinski definition) is 2. The van der Waals surface area contributed by atoms with Gasteiger partial charge in [0.05, 0.1) is 0 Å². The lowest BCUT2D eigenvalue weighted by Crippen LogP contribution is -2.14. The van der Waals surface area contributed by atoms with Crippen LogP contribution in [0.15, 0.2) is 24.3 Å². The van der Waals surface area contributed by atoms with Gasteiger partial charge in [-0.25, -0.2) is 0 Å². The Labute approximate surface area is 80.1 Å². The molecule has 2 nitrogen and oxygen atoms in total. The fraction of sp³-hybridized carbons (Fsp3) is 0.455. The summed E-state index contributed by atoms with van der Waals surface area (Å²) in [6, 6.07) is 8.01. The van der Waals surface area contributed by atoms with Crippen LogP contribution in [0, 0.1) is 0 Å². The van der Waals surface area contributed by atoms with E-state index in [2.05, 4.69) is 24.4 Å². The van der Waals surface area contributed by atoms with Crippen LogP contribution in [-0.2, 0) is 6.54 Å². The first-order chi connectivity index (χ1) is 6.33. The monoisotopic (exact) mass is 178 g/mol. The van der Waals surface area contributed by atoms with Crippen molar-refractivity contribution in [2.24, 2.45) is 0 Å². The molecule has 1 rings (SSSR count). The van der Waals surface area contributed by atoms with Crippen molar-refractivity contribution >= 4 is 5.69 Å². The highest BCUT2D eigenvalue weighted by molar-refractivity contribution is 5.39. The Morgan fingerprint density at radius 3 is 2.54 bits per heavy atom. The summed E-state index contributed by atoms with van der Waals surface area (Å²) in [5.74, 6) is 0. The van der Waals surface area contributed by atoms with Crippen molar-refractivity contribution < 1.29 is 0 Å². The van der Waals surface area contributed by atoms with Gasteiger partial charge in [-0.05, 0) is 30.7 Å². The number of unbranched alkanes of at least 4 members (excludes halogenated alkanes) is 1. The maximum Gasteiger partial charge on any atom is 0.0314 e. The molecule has 1 aromatic rings. The number of anilines is 1. The smallest absolute Gasteiger partial charge is 0.0314 e. The van der Waals surface area contributed by atoms with Crippen molar-refractivity contribution in [3.8, 4) is 0 Å². The highest BCUT2D eigenvalue weighted by Gasteiger charge is 1.91. The molecule has 0 aliphatic carbocycles. The molecule has 1 aromatic carbocycles. The molecule has 0 bridgehead atoms. The van der Waals surface area contributed by atoms with E-state index in [0.29, 0.717) is 0 Å². The molecule has 13 heavy (non-hydrogen) atoms. The van der Waals surface area contributed by atoms with E-state index < -0.39 is 0 Å². The normalized spacial score (nSPS) is 10.2. The molecule has 0 fully saturated rings. The van der Waals surface area contributed by atoms with Gasteiger partial charge in [0.1, 0.15) is 0 Å². The molecule has 0 spiro atoms. The van der Waals surface area contributed by atoms with Crippen molar-refractivity contribution in [3.63, 3.8) is 0 Å². The molecule has 0 radical (unpaired) electrons. The average molecular weight is 178 g/mol. The Morgan fingerprint density at radius 1 is 1.23 bits per heavy atom. The second-order valence-corrected chi connectivity index (χ2v) is 3.27. The van der Waals surface area contributed by atoms with Gasteiger partial charge in [0.25, 0.3) is 0 Å². The minimum absolute atomic E-state index is 0.831. The van der Waals surface area contributed by atoms with Crippen LogP contribution >= 0.6 is 0 Å². The Bertz CT molecular complexity index is 228. The fourth-order valence-corrected chi connectivity index (χ4v) is 1.17. The van der Waals surface area contributed by atoms with Gasteiger partial charge >= 0.3 is 0 Å². The van der Waals surface area contributed by atoms with E-state index in [1.54, 1.807) is 0 Å². The lowest BCUT2D eigenvalue weighted by atomic mass is 10.2. The maximum atomic E-state index is 5.58. The molecule has 0 amide bonds. The first kappa shape index (κ1) is 10.1. The van der Waals surface area contributed by atoms with Crippen molar-refractivity contribution in [2.45, 2.75) is 26.3 Å². The van der Waals surface area contributed by atoms with Crippen LogP contribution in [0.3, 0.4) is 0 Å². The Kier molecular flexibility index (Phi) is 4.33. The van der Waals surface area contributed by atoms with E-state index in [-0.39, 0.29) is 0 Å². The number of nitrogen functional groups attached to an aromatic ring is 1. The summed E-state index contributed by atoms with van der Waals surface area (Å²) in [6.45, 7) is 4.24. The van der Waals surface area contributed by atoms with Crippen molar-refractivity contribution in [1.29, 1.82) is 0 Å². The van der Waals surface area contributed by atoms with Gasteiger partial charge in [0, 0.05) is 12.2 Å². The standard InChI is InChI=1S/C11H18N2/c1-2-3-8-13-9-10-4-6-11(12)7-5-10/h4-7,13H,2-3,8-9,12H2,1H3. The molecule has 0 heterocycles. The quantitative estimate of drug-likeness (QED) is 0.535. The molecule has 0 aliphatic rings. The summed E-state index contributed by atoms with van der Waals surface area (Å²) in [7, 11) is 0. The molecule has 0 saturated heterocycles. The van der Waals surface area contributed by atoms with Crippen LogP contribution in [0.5, 0.6) is 0 Å². The third-order valence-electron chi connectivity index (χ3n) is 2.02. The van der Waals surface area contributed by atoms with Crippen LogP contribution in [0.2, 0.25) is 0 Å². The Balaban J connectivity index is 2.25. The van der Waals surface area contributed by atoms with Crippen LogP contribution in [0.1, 0.15) is 25.3 Å². The van der Waals surface area contributed by atoms with Gasteiger partial charge in [0.2, 0.25) is 0 Å². The van der Waals surface area contributed by atoms with Gasteiger partial charge in [0.15, 0.2) is 0 Å². The van der Waals surface area contributed by atoms with E-state index in [4.69, 9.17) is 5.73 Å². The van der Waals surface area contributed by atoms with Gasteiger partial charge in [-0.3, -0.25) is 0 Å².